The van der Waals surface area contributed by atoms with E-state index in [0.29, 0.717) is 0 Å². The maximum Gasteiger partial charge on any atom is 0.325 e. The molecule has 12 heavy (non-hydrogen) atoms. The fourth-order valence-electron chi connectivity index (χ4n) is 0.692. The number of carbonyl (C=O) groups excluding carboxylic acids is 1. The minimum absolute atomic E-state index is 0.0899. The molecule has 0 unspecified atom stereocenters. The minimum atomic E-state index is -0.653. The molecule has 0 aromatic heterocycles. The van der Waals surface area contributed by atoms with Gasteiger partial charge in [0.05, 0.1) is 6.54 Å². The number of esters is 1. The van der Waals surface area contributed by atoms with Crippen LogP contribution in [0.3, 0.4) is 0 Å². The van der Waals surface area contributed by atoms with E-state index in [1.807, 2.05) is 0 Å². The van der Waals surface area contributed by atoms with Crippen molar-refractivity contribution in [1.29, 1.82) is 0 Å². The first-order valence-corrected chi connectivity index (χ1v) is 3.39. The summed E-state index contributed by atoms with van der Waals surface area (Å²) in [5.41, 5.74) is 4.97. The third kappa shape index (κ3) is 2.03. The van der Waals surface area contributed by atoms with Crippen LogP contribution >= 0.6 is 0 Å². The fraction of sp³-hybridized carbons (Fsp3) is 0.125. The maximum absolute atomic E-state index is 12.8. The van der Waals surface area contributed by atoms with Crippen LogP contribution in [0.5, 0.6) is 5.75 Å². The van der Waals surface area contributed by atoms with Crippen molar-refractivity contribution in [3.8, 4) is 5.75 Å². The molecule has 3 nitrogen and oxygen atoms in total. The van der Waals surface area contributed by atoms with E-state index in [0.717, 1.165) is 0 Å². The Balaban J connectivity index is 2.75. The Hall–Kier alpha value is -1.42. The lowest BCUT2D eigenvalue weighted by Gasteiger charge is -2.01. The van der Waals surface area contributed by atoms with Crippen LogP contribution in [0.25, 0.3) is 0 Å². The predicted molar refractivity (Wildman–Crippen MR) is 41.1 cm³/mol. The minimum Gasteiger partial charge on any atom is -0.422 e. The first-order chi connectivity index (χ1) is 5.74. The largest absolute Gasteiger partial charge is 0.422 e. The zero-order chi connectivity index (χ0) is 8.97. The molecule has 2 N–H and O–H groups in total. The Labute approximate surface area is 68.9 Å². The molecule has 0 saturated heterocycles. The predicted octanol–water partition coefficient (Wildman–Crippen LogP) is 0.690. The highest BCUT2D eigenvalue weighted by molar-refractivity contribution is 5.74. The summed E-state index contributed by atoms with van der Waals surface area (Å²) in [7, 11) is 0. The third-order valence-corrected chi connectivity index (χ3v) is 1.23. The SMILES string of the molecule is NCC(=O)Oc1ccccc1F. The van der Waals surface area contributed by atoms with Gasteiger partial charge in [0.25, 0.3) is 0 Å². The fourth-order valence-corrected chi connectivity index (χ4v) is 0.692. The van der Waals surface area contributed by atoms with E-state index in [2.05, 4.69) is 4.74 Å². The topological polar surface area (TPSA) is 52.3 Å². The molecule has 0 aliphatic rings. The molecule has 0 atom stereocenters. The van der Waals surface area contributed by atoms with Gasteiger partial charge in [-0.05, 0) is 12.1 Å². The lowest BCUT2D eigenvalue weighted by Crippen LogP contribution is -2.19. The van der Waals surface area contributed by atoms with Gasteiger partial charge in [-0.25, -0.2) is 4.39 Å². The van der Waals surface area contributed by atoms with Gasteiger partial charge in [-0.2, -0.15) is 0 Å². The summed E-state index contributed by atoms with van der Waals surface area (Å²) in [6.45, 7) is -0.256. The summed E-state index contributed by atoms with van der Waals surface area (Å²) >= 11 is 0. The van der Waals surface area contributed by atoms with Crippen LogP contribution in [0.4, 0.5) is 4.39 Å². The summed E-state index contributed by atoms with van der Waals surface area (Å²) in [5.74, 6) is -1.31. The van der Waals surface area contributed by atoms with Crippen LogP contribution in [-0.4, -0.2) is 12.5 Å². The van der Waals surface area contributed by atoms with E-state index in [4.69, 9.17) is 5.73 Å². The van der Waals surface area contributed by atoms with E-state index in [1.54, 1.807) is 6.07 Å². The van der Waals surface area contributed by atoms with Crippen LogP contribution in [-0.2, 0) is 4.79 Å². The molecule has 64 valence electrons. The maximum atomic E-state index is 12.8. The number of ether oxygens (including phenoxy) is 1. The molecule has 1 rings (SSSR count). The highest BCUT2D eigenvalue weighted by Crippen LogP contribution is 2.14. The zero-order valence-electron chi connectivity index (χ0n) is 6.29. The standard InChI is InChI=1S/C8H8FNO2/c9-6-3-1-2-4-7(6)12-8(11)5-10/h1-4H,5,10H2. The van der Waals surface area contributed by atoms with Gasteiger partial charge in [0.2, 0.25) is 0 Å². The van der Waals surface area contributed by atoms with E-state index >= 15 is 0 Å². The first kappa shape index (κ1) is 8.67. The molecule has 0 amide bonds. The van der Waals surface area contributed by atoms with Crippen molar-refractivity contribution < 1.29 is 13.9 Å². The third-order valence-electron chi connectivity index (χ3n) is 1.23. The van der Waals surface area contributed by atoms with Crippen molar-refractivity contribution >= 4 is 5.97 Å². The summed E-state index contributed by atoms with van der Waals surface area (Å²) < 4.78 is 17.3. The lowest BCUT2D eigenvalue weighted by molar-refractivity contribution is -0.132. The number of halogens is 1. The van der Waals surface area contributed by atoms with Gasteiger partial charge in [0.1, 0.15) is 0 Å². The molecule has 0 fully saturated rings. The Bertz CT molecular complexity index is 288. The first-order valence-electron chi connectivity index (χ1n) is 3.39. The Morgan fingerprint density at radius 3 is 2.75 bits per heavy atom. The number of benzene rings is 1. The average molecular weight is 169 g/mol. The van der Waals surface area contributed by atoms with Crippen LogP contribution in [0.2, 0.25) is 0 Å². The quantitative estimate of drug-likeness (QED) is 0.523. The summed E-state index contributed by atoms with van der Waals surface area (Å²) in [6.07, 6.45) is 0. The summed E-state index contributed by atoms with van der Waals surface area (Å²) in [4.78, 5) is 10.6. The summed E-state index contributed by atoms with van der Waals surface area (Å²) in [6, 6.07) is 5.65. The number of nitrogens with two attached hydrogens (primary N) is 1. The van der Waals surface area contributed by atoms with Crippen molar-refractivity contribution in [2.75, 3.05) is 6.54 Å². The average Bonchev–Trinajstić information content (AvgIpc) is 2.09. The molecule has 0 aliphatic carbocycles. The lowest BCUT2D eigenvalue weighted by atomic mass is 10.3. The van der Waals surface area contributed by atoms with E-state index < -0.39 is 11.8 Å². The second-order valence-corrected chi connectivity index (χ2v) is 2.11. The Kier molecular flexibility index (Phi) is 2.76. The van der Waals surface area contributed by atoms with Crippen LogP contribution in [0.1, 0.15) is 0 Å². The van der Waals surface area contributed by atoms with Gasteiger partial charge >= 0.3 is 5.97 Å². The van der Waals surface area contributed by atoms with Gasteiger partial charge in [-0.15, -0.1) is 0 Å². The molecular weight excluding hydrogens is 161 g/mol. The molecule has 0 radical (unpaired) electrons. The van der Waals surface area contributed by atoms with E-state index in [-0.39, 0.29) is 12.3 Å². The van der Waals surface area contributed by atoms with Crippen molar-refractivity contribution in [1.82, 2.24) is 0 Å². The molecule has 1 aromatic rings. The number of carbonyl (C=O) groups is 1. The molecule has 0 saturated carbocycles. The van der Waals surface area contributed by atoms with Crippen molar-refractivity contribution in [2.24, 2.45) is 5.73 Å². The number of hydrogen-bond acceptors (Lipinski definition) is 3. The number of rotatable bonds is 2. The molecule has 4 heteroatoms. The van der Waals surface area contributed by atoms with Gasteiger partial charge in [0.15, 0.2) is 11.6 Å². The van der Waals surface area contributed by atoms with Gasteiger partial charge < -0.3 is 10.5 Å². The van der Waals surface area contributed by atoms with Crippen LogP contribution < -0.4 is 10.5 Å². The van der Waals surface area contributed by atoms with Crippen molar-refractivity contribution in [2.45, 2.75) is 0 Å². The highest BCUT2D eigenvalue weighted by atomic mass is 19.1. The van der Waals surface area contributed by atoms with Crippen LogP contribution in [0, 0.1) is 5.82 Å². The molecule has 0 heterocycles. The van der Waals surface area contributed by atoms with Crippen molar-refractivity contribution in [3.63, 3.8) is 0 Å². The van der Waals surface area contributed by atoms with Gasteiger partial charge in [0, 0.05) is 0 Å². The number of hydrogen-bond donors (Lipinski definition) is 1. The second kappa shape index (κ2) is 3.82. The summed E-state index contributed by atoms with van der Waals surface area (Å²) in [5, 5.41) is 0. The molecule has 0 aliphatic heterocycles. The molecule has 0 bridgehead atoms. The van der Waals surface area contributed by atoms with E-state index in [1.165, 1.54) is 18.2 Å². The Morgan fingerprint density at radius 2 is 2.17 bits per heavy atom. The second-order valence-electron chi connectivity index (χ2n) is 2.11. The van der Waals surface area contributed by atoms with Gasteiger partial charge in [-0.1, -0.05) is 12.1 Å². The van der Waals surface area contributed by atoms with Gasteiger partial charge in [-0.3, -0.25) is 4.79 Å². The van der Waals surface area contributed by atoms with Crippen molar-refractivity contribution in [3.05, 3.63) is 30.1 Å². The molecular formula is C8H8FNO2. The molecule has 1 aromatic carbocycles. The zero-order valence-corrected chi connectivity index (χ0v) is 6.29. The van der Waals surface area contributed by atoms with Crippen LogP contribution in [0.15, 0.2) is 24.3 Å². The highest BCUT2D eigenvalue weighted by Gasteiger charge is 2.05. The smallest absolute Gasteiger partial charge is 0.325 e. The monoisotopic (exact) mass is 169 g/mol. The van der Waals surface area contributed by atoms with E-state index in [9.17, 15) is 9.18 Å². The molecule has 0 spiro atoms. The normalized spacial score (nSPS) is 9.50. The number of para-hydroxylation sites is 1. The Morgan fingerprint density at radius 1 is 1.50 bits per heavy atom.